The second kappa shape index (κ2) is 2.76. The van der Waals surface area contributed by atoms with Gasteiger partial charge in [-0.15, -0.1) is 0 Å². The van der Waals surface area contributed by atoms with Crippen LogP contribution in [0.4, 0.5) is 0 Å². The van der Waals surface area contributed by atoms with Crippen molar-refractivity contribution in [2.45, 2.75) is 44.2 Å². The van der Waals surface area contributed by atoms with E-state index >= 15 is 0 Å². The van der Waals surface area contributed by atoms with Gasteiger partial charge in [-0.05, 0) is 25.7 Å². The van der Waals surface area contributed by atoms with Gasteiger partial charge in [0.25, 0.3) is 0 Å². The van der Waals surface area contributed by atoms with Crippen LogP contribution >= 0.6 is 0 Å². The van der Waals surface area contributed by atoms with Crippen molar-refractivity contribution in [2.24, 2.45) is 0 Å². The second-order valence-corrected chi connectivity index (χ2v) is 3.90. The van der Waals surface area contributed by atoms with Crippen LogP contribution in [-0.2, 0) is 4.74 Å². The van der Waals surface area contributed by atoms with E-state index in [9.17, 15) is 0 Å². The summed E-state index contributed by atoms with van der Waals surface area (Å²) in [5, 5.41) is 3.69. The van der Waals surface area contributed by atoms with E-state index < -0.39 is 0 Å². The van der Waals surface area contributed by atoms with Crippen molar-refractivity contribution < 1.29 is 4.74 Å². The molecule has 2 rings (SSSR count). The van der Waals surface area contributed by atoms with Gasteiger partial charge in [0.2, 0.25) is 0 Å². The summed E-state index contributed by atoms with van der Waals surface area (Å²) in [5.74, 6) is 0. The Morgan fingerprint density at radius 2 is 2.36 bits per heavy atom. The molecule has 2 aliphatic rings. The molecule has 0 aromatic rings. The lowest BCUT2D eigenvalue weighted by molar-refractivity contribution is -0.0367. The van der Waals surface area contributed by atoms with Crippen molar-refractivity contribution >= 4 is 0 Å². The van der Waals surface area contributed by atoms with Gasteiger partial charge >= 0.3 is 0 Å². The fourth-order valence-corrected chi connectivity index (χ4v) is 2.03. The summed E-state index contributed by atoms with van der Waals surface area (Å²) in [6.45, 7) is 4.08. The van der Waals surface area contributed by atoms with Crippen molar-refractivity contribution in [2.75, 3.05) is 13.2 Å². The largest absolute Gasteiger partial charge is 0.378 e. The molecule has 1 aliphatic heterocycles. The van der Waals surface area contributed by atoms with E-state index in [4.69, 9.17) is 4.74 Å². The number of rotatable bonds is 1. The van der Waals surface area contributed by atoms with Gasteiger partial charge < -0.3 is 10.1 Å². The molecule has 1 unspecified atom stereocenters. The van der Waals surface area contributed by atoms with Gasteiger partial charge in [-0.3, -0.25) is 0 Å². The summed E-state index contributed by atoms with van der Waals surface area (Å²) in [6.07, 6.45) is 5.22. The second-order valence-electron chi connectivity index (χ2n) is 3.90. The third-order valence-corrected chi connectivity index (χ3v) is 3.01. The van der Waals surface area contributed by atoms with Crippen molar-refractivity contribution in [1.29, 1.82) is 0 Å². The topological polar surface area (TPSA) is 21.3 Å². The van der Waals surface area contributed by atoms with Crippen LogP contribution in [0.5, 0.6) is 0 Å². The van der Waals surface area contributed by atoms with E-state index in [0.29, 0.717) is 11.6 Å². The molecule has 2 fully saturated rings. The van der Waals surface area contributed by atoms with Gasteiger partial charge in [0.1, 0.15) is 0 Å². The van der Waals surface area contributed by atoms with Crippen LogP contribution in [0.1, 0.15) is 32.6 Å². The summed E-state index contributed by atoms with van der Waals surface area (Å²) >= 11 is 0. The predicted octanol–water partition coefficient (Wildman–Crippen LogP) is 1.31. The molecule has 0 amide bonds. The summed E-state index contributed by atoms with van der Waals surface area (Å²) < 4.78 is 5.57. The van der Waals surface area contributed by atoms with E-state index in [0.717, 1.165) is 13.2 Å². The van der Waals surface area contributed by atoms with Crippen LogP contribution in [0.2, 0.25) is 0 Å². The third kappa shape index (κ3) is 1.30. The minimum Gasteiger partial charge on any atom is -0.378 e. The van der Waals surface area contributed by atoms with Crippen LogP contribution in [0.25, 0.3) is 0 Å². The Kier molecular flexibility index (Phi) is 1.90. The standard InChI is InChI=1S/C9H17NO/c1-2-8-6-11-7-9(10-8)4-3-5-9/h8,10H,2-7H2,1H3. The average molecular weight is 155 g/mol. The van der Waals surface area contributed by atoms with Crippen LogP contribution in [0.3, 0.4) is 0 Å². The number of morpholine rings is 1. The Balaban J connectivity index is 1.92. The molecule has 1 atom stereocenters. The highest BCUT2D eigenvalue weighted by molar-refractivity contribution is 4.99. The fourth-order valence-electron chi connectivity index (χ4n) is 2.03. The number of nitrogens with one attached hydrogen (secondary N) is 1. The Hall–Kier alpha value is -0.0800. The minimum absolute atomic E-state index is 0.402. The molecule has 11 heavy (non-hydrogen) atoms. The molecule has 1 aliphatic carbocycles. The van der Waals surface area contributed by atoms with Crippen LogP contribution in [0.15, 0.2) is 0 Å². The summed E-state index contributed by atoms with van der Waals surface area (Å²) in [6, 6.07) is 0.615. The molecule has 1 N–H and O–H groups in total. The van der Waals surface area contributed by atoms with E-state index in [-0.39, 0.29) is 0 Å². The van der Waals surface area contributed by atoms with E-state index in [2.05, 4.69) is 12.2 Å². The van der Waals surface area contributed by atoms with Gasteiger partial charge in [0.05, 0.1) is 13.2 Å². The number of hydrogen-bond acceptors (Lipinski definition) is 2. The van der Waals surface area contributed by atoms with Gasteiger partial charge in [-0.1, -0.05) is 6.92 Å². The monoisotopic (exact) mass is 155 g/mol. The molecular weight excluding hydrogens is 138 g/mol. The lowest BCUT2D eigenvalue weighted by Gasteiger charge is -2.48. The zero-order valence-corrected chi connectivity index (χ0v) is 7.23. The normalized spacial score (nSPS) is 35.2. The van der Waals surface area contributed by atoms with Crippen LogP contribution in [-0.4, -0.2) is 24.8 Å². The molecule has 0 aromatic carbocycles. The molecule has 64 valence electrons. The molecule has 1 heterocycles. The van der Waals surface area contributed by atoms with Crippen molar-refractivity contribution in [1.82, 2.24) is 5.32 Å². The smallest absolute Gasteiger partial charge is 0.0649 e. The molecule has 2 nitrogen and oxygen atoms in total. The molecular formula is C9H17NO. The molecule has 1 saturated heterocycles. The van der Waals surface area contributed by atoms with Crippen molar-refractivity contribution in [3.8, 4) is 0 Å². The first-order valence-corrected chi connectivity index (χ1v) is 4.70. The maximum Gasteiger partial charge on any atom is 0.0649 e. The summed E-state index contributed by atoms with van der Waals surface area (Å²) in [5.41, 5.74) is 0.402. The quantitative estimate of drug-likeness (QED) is 0.616. The highest BCUT2D eigenvalue weighted by atomic mass is 16.5. The molecule has 0 aromatic heterocycles. The Morgan fingerprint density at radius 1 is 1.55 bits per heavy atom. The summed E-state index contributed by atoms with van der Waals surface area (Å²) in [4.78, 5) is 0. The van der Waals surface area contributed by atoms with Crippen LogP contribution < -0.4 is 5.32 Å². The SMILES string of the molecule is CCC1COCC2(CCC2)N1. The van der Waals surface area contributed by atoms with Crippen molar-refractivity contribution in [3.63, 3.8) is 0 Å². The van der Waals surface area contributed by atoms with Crippen molar-refractivity contribution in [3.05, 3.63) is 0 Å². The molecule has 1 spiro atoms. The number of ether oxygens (including phenoxy) is 1. The fraction of sp³-hybridized carbons (Fsp3) is 1.00. The number of hydrogen-bond donors (Lipinski definition) is 1. The zero-order valence-electron chi connectivity index (χ0n) is 7.23. The first-order valence-electron chi connectivity index (χ1n) is 4.70. The lowest BCUT2D eigenvalue weighted by Crippen LogP contribution is -2.62. The predicted molar refractivity (Wildman–Crippen MR) is 44.6 cm³/mol. The molecule has 1 saturated carbocycles. The molecule has 2 heteroatoms. The van der Waals surface area contributed by atoms with E-state index in [1.807, 2.05) is 0 Å². The Bertz CT molecular complexity index is 142. The molecule has 0 bridgehead atoms. The Morgan fingerprint density at radius 3 is 2.91 bits per heavy atom. The first-order chi connectivity index (χ1) is 5.35. The van der Waals surface area contributed by atoms with Gasteiger partial charge in [-0.25, -0.2) is 0 Å². The molecule has 0 radical (unpaired) electrons. The minimum atomic E-state index is 0.402. The first kappa shape index (κ1) is 7.56. The maximum absolute atomic E-state index is 5.57. The average Bonchev–Trinajstić information content (AvgIpc) is 2.02. The maximum atomic E-state index is 5.57. The van der Waals surface area contributed by atoms with Crippen LogP contribution in [0, 0.1) is 0 Å². The van der Waals surface area contributed by atoms with Gasteiger partial charge in [-0.2, -0.15) is 0 Å². The summed E-state index contributed by atoms with van der Waals surface area (Å²) in [7, 11) is 0. The third-order valence-electron chi connectivity index (χ3n) is 3.01. The van der Waals surface area contributed by atoms with E-state index in [1.54, 1.807) is 0 Å². The highest BCUT2D eigenvalue weighted by Crippen LogP contribution is 2.34. The zero-order chi connectivity index (χ0) is 7.73. The van der Waals surface area contributed by atoms with Gasteiger partial charge in [0, 0.05) is 11.6 Å². The Labute approximate surface area is 68.3 Å². The lowest BCUT2D eigenvalue weighted by atomic mass is 9.76. The van der Waals surface area contributed by atoms with Gasteiger partial charge in [0.15, 0.2) is 0 Å². The van der Waals surface area contributed by atoms with E-state index in [1.165, 1.54) is 25.7 Å². The highest BCUT2D eigenvalue weighted by Gasteiger charge is 2.40.